The smallest absolute Gasteiger partial charge is 0.166 e. The van der Waals surface area contributed by atoms with E-state index in [2.05, 4.69) is 13.8 Å². The molecule has 0 radical (unpaired) electrons. The van der Waals surface area contributed by atoms with Crippen molar-refractivity contribution in [2.24, 2.45) is 11.8 Å². The summed E-state index contributed by atoms with van der Waals surface area (Å²) < 4.78 is 12.8. The summed E-state index contributed by atoms with van der Waals surface area (Å²) in [4.78, 5) is 10.8. The predicted molar refractivity (Wildman–Crippen MR) is 42.1 cm³/mol. The Morgan fingerprint density at radius 1 is 1.55 bits per heavy atom. The van der Waals surface area contributed by atoms with Crippen LogP contribution in [0.1, 0.15) is 33.1 Å². The van der Waals surface area contributed by atoms with Crippen LogP contribution in [0.2, 0.25) is 0 Å². The summed E-state index contributed by atoms with van der Waals surface area (Å²) in [6, 6.07) is 0. The zero-order valence-corrected chi connectivity index (χ0v) is 7.14. The number of halogens is 1. The molecule has 0 aromatic rings. The molecule has 1 aliphatic rings. The molecule has 64 valence electrons. The monoisotopic (exact) mass is 158 g/mol. The van der Waals surface area contributed by atoms with Crippen LogP contribution in [0, 0.1) is 11.8 Å². The fourth-order valence-corrected chi connectivity index (χ4v) is 1.60. The highest BCUT2D eigenvalue weighted by molar-refractivity contribution is 5.83. The maximum atomic E-state index is 12.8. The zero-order valence-electron chi connectivity index (χ0n) is 7.14. The van der Waals surface area contributed by atoms with Gasteiger partial charge < -0.3 is 0 Å². The average Bonchev–Trinajstić information content (AvgIpc) is 1.94. The van der Waals surface area contributed by atoms with Crippen molar-refractivity contribution in [3.05, 3.63) is 0 Å². The number of hydrogen-bond donors (Lipinski definition) is 0. The van der Waals surface area contributed by atoms with Gasteiger partial charge in [-0.05, 0) is 24.7 Å². The van der Waals surface area contributed by atoms with Crippen LogP contribution in [0.15, 0.2) is 0 Å². The van der Waals surface area contributed by atoms with Gasteiger partial charge in [-0.3, -0.25) is 4.79 Å². The third kappa shape index (κ3) is 2.01. The molecule has 0 aromatic heterocycles. The van der Waals surface area contributed by atoms with E-state index in [4.69, 9.17) is 0 Å². The molecule has 2 heteroatoms. The molecule has 0 spiro atoms. The second-order valence-corrected chi connectivity index (χ2v) is 3.71. The van der Waals surface area contributed by atoms with E-state index in [9.17, 15) is 9.18 Å². The maximum absolute atomic E-state index is 12.8. The second kappa shape index (κ2) is 3.33. The van der Waals surface area contributed by atoms with Crippen LogP contribution >= 0.6 is 0 Å². The molecule has 0 heterocycles. The molecule has 1 aliphatic carbocycles. The Bertz CT molecular complexity index is 154. The van der Waals surface area contributed by atoms with Crippen LogP contribution in [0.3, 0.4) is 0 Å². The molecule has 0 bridgehead atoms. The van der Waals surface area contributed by atoms with Crippen LogP contribution in [-0.2, 0) is 4.79 Å². The molecule has 1 saturated carbocycles. The van der Waals surface area contributed by atoms with Crippen molar-refractivity contribution in [1.29, 1.82) is 0 Å². The largest absolute Gasteiger partial charge is 0.296 e. The third-order valence-electron chi connectivity index (χ3n) is 2.56. The van der Waals surface area contributed by atoms with Crippen molar-refractivity contribution >= 4 is 5.78 Å². The molecule has 0 aliphatic heterocycles. The standard InChI is InChI=1S/C9H15FO/c1-6(2)7-3-4-9(11)8(10)5-7/h6-8H,3-5H2,1-2H3/t7-,8-/m0/s1. The number of alkyl halides is 1. The molecule has 0 saturated heterocycles. The first kappa shape index (κ1) is 8.69. The minimum absolute atomic E-state index is 0.193. The van der Waals surface area contributed by atoms with E-state index in [1.54, 1.807) is 0 Å². The highest BCUT2D eigenvalue weighted by Gasteiger charge is 2.29. The number of carbonyl (C=O) groups excluding carboxylic acids is 1. The van der Waals surface area contributed by atoms with Crippen molar-refractivity contribution in [2.45, 2.75) is 39.3 Å². The van der Waals surface area contributed by atoms with Gasteiger partial charge in [-0.1, -0.05) is 13.8 Å². The quantitative estimate of drug-likeness (QED) is 0.572. The van der Waals surface area contributed by atoms with Crippen LogP contribution in [0.25, 0.3) is 0 Å². The second-order valence-electron chi connectivity index (χ2n) is 3.71. The number of ketones is 1. The minimum Gasteiger partial charge on any atom is -0.296 e. The maximum Gasteiger partial charge on any atom is 0.166 e. The van der Waals surface area contributed by atoms with Crippen molar-refractivity contribution in [2.75, 3.05) is 0 Å². The Morgan fingerprint density at radius 2 is 2.18 bits per heavy atom. The predicted octanol–water partition coefficient (Wildman–Crippen LogP) is 2.35. The molecule has 0 N–H and O–H groups in total. The average molecular weight is 158 g/mol. The molecule has 1 nitrogen and oxygen atoms in total. The summed E-state index contributed by atoms with van der Waals surface area (Å²) in [6.07, 6.45) is 0.619. The number of Topliss-reactive ketones (excluding diaryl/α,β-unsaturated/α-hetero) is 1. The van der Waals surface area contributed by atoms with E-state index < -0.39 is 6.17 Å². The highest BCUT2D eigenvalue weighted by Crippen LogP contribution is 2.29. The lowest BCUT2D eigenvalue weighted by molar-refractivity contribution is -0.127. The first-order valence-corrected chi connectivity index (χ1v) is 4.28. The van der Waals surface area contributed by atoms with Crippen molar-refractivity contribution in [1.82, 2.24) is 0 Å². The lowest BCUT2D eigenvalue weighted by Gasteiger charge is -2.26. The fourth-order valence-electron chi connectivity index (χ4n) is 1.60. The van der Waals surface area contributed by atoms with E-state index in [-0.39, 0.29) is 5.78 Å². The lowest BCUT2D eigenvalue weighted by Crippen LogP contribution is -2.28. The van der Waals surface area contributed by atoms with Gasteiger partial charge in [0.05, 0.1) is 0 Å². The molecular formula is C9H15FO. The normalized spacial score (nSPS) is 32.9. The van der Waals surface area contributed by atoms with E-state index in [1.165, 1.54) is 0 Å². The Balaban J connectivity index is 2.46. The van der Waals surface area contributed by atoms with Crippen molar-refractivity contribution < 1.29 is 9.18 Å². The van der Waals surface area contributed by atoms with Gasteiger partial charge in [0, 0.05) is 6.42 Å². The summed E-state index contributed by atoms with van der Waals surface area (Å²) in [5.74, 6) is 0.742. The minimum atomic E-state index is -1.17. The third-order valence-corrected chi connectivity index (χ3v) is 2.56. The summed E-state index contributed by atoms with van der Waals surface area (Å²) in [6.45, 7) is 4.18. The first-order valence-electron chi connectivity index (χ1n) is 4.28. The number of hydrogen-bond acceptors (Lipinski definition) is 1. The van der Waals surface area contributed by atoms with E-state index >= 15 is 0 Å². The zero-order chi connectivity index (χ0) is 8.43. The van der Waals surface area contributed by atoms with Gasteiger partial charge in [0.1, 0.15) is 0 Å². The van der Waals surface area contributed by atoms with Crippen molar-refractivity contribution in [3.63, 3.8) is 0 Å². The van der Waals surface area contributed by atoms with Crippen LogP contribution in [0.4, 0.5) is 4.39 Å². The molecule has 0 unspecified atom stereocenters. The van der Waals surface area contributed by atoms with Gasteiger partial charge in [-0.15, -0.1) is 0 Å². The summed E-state index contributed by atoms with van der Waals surface area (Å²) in [5, 5.41) is 0. The van der Waals surface area contributed by atoms with E-state index in [0.29, 0.717) is 24.7 Å². The summed E-state index contributed by atoms with van der Waals surface area (Å²) >= 11 is 0. The van der Waals surface area contributed by atoms with Gasteiger partial charge in [-0.25, -0.2) is 4.39 Å². The van der Waals surface area contributed by atoms with Crippen LogP contribution in [-0.4, -0.2) is 12.0 Å². The van der Waals surface area contributed by atoms with Gasteiger partial charge in [0.25, 0.3) is 0 Å². The molecule has 0 aromatic carbocycles. The van der Waals surface area contributed by atoms with Crippen molar-refractivity contribution in [3.8, 4) is 0 Å². The van der Waals surface area contributed by atoms with E-state index in [0.717, 1.165) is 6.42 Å². The Labute approximate surface area is 67.0 Å². The SMILES string of the molecule is CC(C)[C@H]1CCC(=O)[C@@H](F)C1. The summed E-state index contributed by atoms with van der Waals surface area (Å²) in [5.41, 5.74) is 0. The molecule has 11 heavy (non-hydrogen) atoms. The van der Waals surface area contributed by atoms with E-state index in [1.807, 2.05) is 0 Å². The fraction of sp³-hybridized carbons (Fsp3) is 0.889. The van der Waals surface area contributed by atoms with Gasteiger partial charge in [-0.2, -0.15) is 0 Å². The molecule has 1 rings (SSSR count). The number of carbonyl (C=O) groups is 1. The molecule has 0 amide bonds. The first-order chi connectivity index (χ1) is 5.11. The van der Waals surface area contributed by atoms with Gasteiger partial charge >= 0.3 is 0 Å². The Morgan fingerprint density at radius 3 is 2.64 bits per heavy atom. The van der Waals surface area contributed by atoms with Crippen LogP contribution < -0.4 is 0 Å². The number of rotatable bonds is 1. The molecular weight excluding hydrogens is 143 g/mol. The van der Waals surface area contributed by atoms with Gasteiger partial charge in [0.15, 0.2) is 12.0 Å². The Kier molecular flexibility index (Phi) is 2.63. The van der Waals surface area contributed by atoms with Gasteiger partial charge in [0.2, 0.25) is 0 Å². The topological polar surface area (TPSA) is 17.1 Å². The highest BCUT2D eigenvalue weighted by atomic mass is 19.1. The molecule has 2 atom stereocenters. The molecule has 1 fully saturated rings. The Hall–Kier alpha value is -0.400. The van der Waals surface area contributed by atoms with Crippen LogP contribution in [0.5, 0.6) is 0 Å². The summed E-state index contributed by atoms with van der Waals surface area (Å²) in [7, 11) is 0. The lowest BCUT2D eigenvalue weighted by atomic mass is 9.80.